The Morgan fingerprint density at radius 3 is 1.64 bits per heavy atom. The molecule has 74 heavy (non-hydrogen) atoms. The number of nitrogen functional groups attached to an aromatic ring is 1. The van der Waals surface area contributed by atoms with Gasteiger partial charge >= 0.3 is 5.97 Å². The fourth-order valence-electron chi connectivity index (χ4n) is 8.75. The number of carboxylic acids is 1. The second-order valence-electron chi connectivity index (χ2n) is 20.1. The van der Waals surface area contributed by atoms with Crippen molar-refractivity contribution in [2.75, 3.05) is 12.3 Å². The topological polar surface area (TPSA) is 342 Å². The van der Waals surface area contributed by atoms with Crippen molar-refractivity contribution in [1.29, 1.82) is 0 Å². The van der Waals surface area contributed by atoms with Crippen molar-refractivity contribution >= 4 is 53.0 Å². The van der Waals surface area contributed by atoms with Crippen molar-refractivity contribution in [2.45, 2.75) is 141 Å². The molecular weight excluding hydrogens is 951 g/mol. The SMILES string of the molecule is CC(C)C[C@H](NC(=O)[C@H](Cc1cnc[nH]1)NC(=O)[C@H](Cc1ccccc1)NC(=O)[C@@H]1CCCN1C(=O)[C@@H](N)Cc1cnc[nH]1)C(=O)N[C@H](CC(C)C)C(=O)N[C@H](C(=O)N[C@@H](Cc1ccc(N)cc1)C(=O)O)C(C)C. The van der Waals surface area contributed by atoms with Crippen molar-refractivity contribution < 1.29 is 43.5 Å². The van der Waals surface area contributed by atoms with Gasteiger partial charge in [0.05, 0.1) is 18.7 Å². The molecular formula is C52H73N13O9. The van der Waals surface area contributed by atoms with Gasteiger partial charge in [-0.05, 0) is 66.7 Å². The van der Waals surface area contributed by atoms with Crippen LogP contribution in [0.1, 0.15) is 89.7 Å². The first kappa shape index (κ1) is 57.3. The minimum atomic E-state index is -1.32. The molecule has 2 aromatic heterocycles. The molecule has 0 unspecified atom stereocenters. The first-order chi connectivity index (χ1) is 35.2. The number of aromatic amines is 2. The molecule has 400 valence electrons. The van der Waals surface area contributed by atoms with Crippen LogP contribution in [-0.4, -0.2) is 132 Å². The first-order valence-corrected chi connectivity index (χ1v) is 25.1. The zero-order chi connectivity index (χ0) is 54.1. The number of hydrogen-bond donors (Lipinski definition) is 11. The summed E-state index contributed by atoms with van der Waals surface area (Å²) in [5.74, 6) is -6.63. The highest BCUT2D eigenvalue weighted by molar-refractivity contribution is 5.98. The van der Waals surface area contributed by atoms with Crippen LogP contribution in [-0.2, 0) is 64.0 Å². The number of amides is 7. The molecule has 4 aromatic rings. The Morgan fingerprint density at radius 1 is 0.622 bits per heavy atom. The maximum Gasteiger partial charge on any atom is 0.326 e. The molecule has 1 aliphatic heterocycles. The van der Waals surface area contributed by atoms with Gasteiger partial charge in [-0.3, -0.25) is 33.6 Å². The van der Waals surface area contributed by atoms with E-state index in [1.54, 1.807) is 68.6 Å². The van der Waals surface area contributed by atoms with Gasteiger partial charge in [0.15, 0.2) is 0 Å². The number of rotatable bonds is 27. The number of likely N-dealkylation sites (tertiary alicyclic amines) is 1. The lowest BCUT2D eigenvalue weighted by molar-refractivity contribution is -0.142. The number of hydrogen-bond acceptors (Lipinski definition) is 12. The van der Waals surface area contributed by atoms with Gasteiger partial charge in [-0.1, -0.05) is 84.0 Å². The van der Waals surface area contributed by atoms with Crippen molar-refractivity contribution in [2.24, 2.45) is 23.5 Å². The van der Waals surface area contributed by atoms with Crippen LogP contribution in [0.2, 0.25) is 0 Å². The highest BCUT2D eigenvalue weighted by atomic mass is 16.4. The van der Waals surface area contributed by atoms with Gasteiger partial charge in [0.25, 0.3) is 0 Å². The van der Waals surface area contributed by atoms with Gasteiger partial charge < -0.3 is 63.3 Å². The van der Waals surface area contributed by atoms with Gasteiger partial charge in [0, 0.05) is 61.7 Å². The number of H-pyrrole nitrogens is 2. The monoisotopic (exact) mass is 1020 g/mol. The highest BCUT2D eigenvalue weighted by Gasteiger charge is 2.39. The van der Waals surface area contributed by atoms with Crippen LogP contribution in [0.5, 0.6) is 0 Å². The number of carbonyl (C=O) groups is 8. The normalized spacial score (nSPS) is 16.3. The largest absolute Gasteiger partial charge is 0.480 e. The molecule has 3 heterocycles. The average molecular weight is 1020 g/mol. The lowest BCUT2D eigenvalue weighted by Crippen LogP contribution is -2.61. The Bertz CT molecular complexity index is 2490. The molecule has 0 bridgehead atoms. The second kappa shape index (κ2) is 27.4. The van der Waals surface area contributed by atoms with Crippen LogP contribution < -0.4 is 43.4 Å². The van der Waals surface area contributed by atoms with E-state index in [-0.39, 0.29) is 50.4 Å². The molecule has 1 aliphatic rings. The summed E-state index contributed by atoms with van der Waals surface area (Å²) in [6.45, 7) is 11.1. The summed E-state index contributed by atoms with van der Waals surface area (Å²) in [4.78, 5) is 126. The number of imidazole rings is 2. The summed E-state index contributed by atoms with van der Waals surface area (Å²) in [5.41, 5.74) is 15.0. The minimum Gasteiger partial charge on any atom is -0.480 e. The van der Waals surface area contributed by atoms with Crippen LogP contribution in [0, 0.1) is 17.8 Å². The fourth-order valence-corrected chi connectivity index (χ4v) is 8.75. The average Bonchev–Trinajstić information content (AvgIpc) is 4.17. The summed E-state index contributed by atoms with van der Waals surface area (Å²) in [6, 6.07) is 6.22. The lowest BCUT2D eigenvalue weighted by atomic mass is 9.98. The Balaban J connectivity index is 1.32. The quantitative estimate of drug-likeness (QED) is 0.0373. The van der Waals surface area contributed by atoms with Crippen LogP contribution in [0.25, 0.3) is 0 Å². The number of carboxylic acid groups (broad SMARTS) is 1. The third-order valence-corrected chi connectivity index (χ3v) is 12.6. The molecule has 8 atom stereocenters. The number of aliphatic carboxylic acids is 1. The Hall–Kier alpha value is -7.62. The summed E-state index contributed by atoms with van der Waals surface area (Å²) in [7, 11) is 0. The van der Waals surface area contributed by atoms with Gasteiger partial charge in [-0.2, -0.15) is 0 Å². The number of anilines is 1. The number of nitrogens with one attached hydrogen (secondary N) is 8. The Kier molecular flexibility index (Phi) is 21.2. The Morgan fingerprint density at radius 2 is 1.11 bits per heavy atom. The number of benzene rings is 2. The van der Waals surface area contributed by atoms with E-state index in [1.807, 2.05) is 33.8 Å². The zero-order valence-corrected chi connectivity index (χ0v) is 42.9. The molecule has 1 saturated heterocycles. The standard InChI is InChI=1S/C52H73N13O9/c1-29(2)19-38(45(66)60-39(20-30(3)4)48(69)64-44(31(5)6)50(71)63-42(52(73)74)22-33-14-16-34(53)17-15-33)59-47(68)41(24-36-26-56-28-58-36)61-46(67)40(21-32-11-8-7-9-12-32)62-49(70)43-13-10-18-65(43)51(72)37(54)23-35-25-55-27-57-35/h7-9,11-12,14-17,25-31,37-44H,10,13,18-24,53-54H2,1-6H3,(H,55,57)(H,56,58)(H,59,68)(H,60,66)(H,61,67)(H,62,70)(H,63,71)(H,64,69)(H,73,74)/t37-,38-,39+,40-,41-,42-,43-,44-/m0/s1. The van der Waals surface area contributed by atoms with Crippen molar-refractivity contribution in [3.05, 3.63) is 102 Å². The molecule has 0 spiro atoms. The maximum atomic E-state index is 14.5. The molecule has 22 heteroatoms. The van der Waals surface area contributed by atoms with E-state index < -0.39 is 102 Å². The number of carbonyl (C=O) groups excluding carboxylic acids is 7. The van der Waals surface area contributed by atoms with Gasteiger partial charge in [0.2, 0.25) is 41.4 Å². The summed E-state index contributed by atoms with van der Waals surface area (Å²) < 4.78 is 0. The van der Waals surface area contributed by atoms with E-state index in [0.717, 1.165) is 0 Å². The first-order valence-electron chi connectivity index (χ1n) is 25.1. The van der Waals surface area contributed by atoms with E-state index in [0.29, 0.717) is 47.6 Å². The van der Waals surface area contributed by atoms with E-state index in [9.17, 15) is 43.5 Å². The van der Waals surface area contributed by atoms with E-state index in [4.69, 9.17) is 11.5 Å². The number of nitrogens with two attached hydrogens (primary N) is 2. The molecule has 0 radical (unpaired) electrons. The van der Waals surface area contributed by atoms with E-state index in [2.05, 4.69) is 51.8 Å². The predicted octanol–water partition coefficient (Wildman–Crippen LogP) is 1.05. The summed E-state index contributed by atoms with van der Waals surface area (Å²) in [5, 5.41) is 26.5. The minimum absolute atomic E-state index is 0.0254. The van der Waals surface area contributed by atoms with Crippen LogP contribution in [0.3, 0.4) is 0 Å². The van der Waals surface area contributed by atoms with Gasteiger partial charge in [-0.25, -0.2) is 14.8 Å². The van der Waals surface area contributed by atoms with Crippen LogP contribution >= 0.6 is 0 Å². The summed E-state index contributed by atoms with van der Waals surface area (Å²) in [6.07, 6.45) is 7.14. The summed E-state index contributed by atoms with van der Waals surface area (Å²) >= 11 is 0. The van der Waals surface area contributed by atoms with E-state index in [1.165, 1.54) is 23.8 Å². The van der Waals surface area contributed by atoms with Gasteiger partial charge in [0.1, 0.15) is 42.3 Å². The third kappa shape index (κ3) is 17.3. The Labute approximate surface area is 431 Å². The lowest BCUT2D eigenvalue weighted by Gasteiger charge is -2.30. The second-order valence-corrected chi connectivity index (χ2v) is 20.1. The molecule has 2 aromatic carbocycles. The smallest absolute Gasteiger partial charge is 0.326 e. The molecule has 1 fully saturated rings. The van der Waals surface area contributed by atoms with Gasteiger partial charge in [-0.15, -0.1) is 0 Å². The molecule has 0 saturated carbocycles. The van der Waals surface area contributed by atoms with Crippen molar-refractivity contribution in [1.82, 2.24) is 56.7 Å². The van der Waals surface area contributed by atoms with Crippen LogP contribution in [0.15, 0.2) is 79.6 Å². The van der Waals surface area contributed by atoms with Crippen LogP contribution in [0.4, 0.5) is 5.69 Å². The molecule has 0 aliphatic carbocycles. The van der Waals surface area contributed by atoms with E-state index >= 15 is 0 Å². The molecule has 13 N–H and O–H groups in total. The fraction of sp³-hybridized carbons (Fsp3) is 0.500. The van der Waals surface area contributed by atoms with Crippen molar-refractivity contribution in [3.8, 4) is 0 Å². The zero-order valence-electron chi connectivity index (χ0n) is 42.9. The predicted molar refractivity (Wildman–Crippen MR) is 275 cm³/mol. The molecule has 5 rings (SSSR count). The maximum absolute atomic E-state index is 14.5. The number of aromatic nitrogens is 4. The third-order valence-electron chi connectivity index (χ3n) is 12.6. The number of nitrogens with zero attached hydrogens (tertiary/aromatic N) is 3. The van der Waals surface area contributed by atoms with Crippen molar-refractivity contribution in [3.63, 3.8) is 0 Å². The molecule has 7 amide bonds. The molecule has 22 nitrogen and oxygen atoms in total. The highest BCUT2D eigenvalue weighted by Crippen LogP contribution is 2.20.